The number of hydrogen-bond donors (Lipinski definition) is 0. The molecule has 2 saturated heterocycles. The van der Waals surface area contributed by atoms with Crippen LogP contribution in [-0.4, -0.2) is 67.6 Å². The van der Waals surface area contributed by atoms with Crippen LogP contribution >= 0.6 is 0 Å². The third-order valence-electron chi connectivity index (χ3n) is 4.86. The Morgan fingerprint density at radius 3 is 1.81 bits per heavy atom. The molecule has 0 radical (unpaired) electrons. The summed E-state index contributed by atoms with van der Waals surface area (Å²) in [5, 5.41) is 7.93. The van der Waals surface area contributed by atoms with Crippen LogP contribution in [0.15, 0.2) is 30.9 Å². The molecule has 27 heavy (non-hydrogen) atoms. The average Bonchev–Trinajstić information content (AvgIpc) is 3.41. The van der Waals surface area contributed by atoms with E-state index in [4.69, 9.17) is 0 Å². The predicted molar refractivity (Wildman–Crippen MR) is 102 cm³/mol. The molecule has 2 aromatic heterocycles. The average molecular weight is 372 g/mol. The summed E-state index contributed by atoms with van der Waals surface area (Å²) >= 11 is 0. The second-order valence-electron chi connectivity index (χ2n) is 7.07. The van der Waals surface area contributed by atoms with Crippen LogP contribution in [0.1, 0.15) is 44.1 Å². The van der Waals surface area contributed by atoms with Gasteiger partial charge in [0.1, 0.15) is 0 Å². The van der Waals surface area contributed by atoms with Crippen LogP contribution in [0, 0.1) is 6.92 Å². The largest absolute Gasteiger partial charge is 0.344 e. The number of carbonyl (C=O) groups is 2. The number of hydrogen-bond acceptors (Lipinski definition) is 4. The summed E-state index contributed by atoms with van der Waals surface area (Å²) in [6.07, 6.45) is 13.8. The quantitative estimate of drug-likeness (QED) is 0.712. The monoisotopic (exact) mass is 372 g/mol. The van der Waals surface area contributed by atoms with Gasteiger partial charge in [0.05, 0.1) is 6.20 Å². The molecule has 0 spiro atoms. The number of nitrogens with zero attached hydrogens (tertiary/aromatic N) is 6. The van der Waals surface area contributed by atoms with Crippen molar-refractivity contribution in [3.8, 4) is 0 Å². The summed E-state index contributed by atoms with van der Waals surface area (Å²) < 4.78 is 2.83. The van der Waals surface area contributed by atoms with Gasteiger partial charge in [0.15, 0.2) is 0 Å². The van der Waals surface area contributed by atoms with Crippen molar-refractivity contribution in [3.63, 3.8) is 0 Å². The Balaban J connectivity index is 0.000000156. The molecule has 0 saturated carbocycles. The molecular weight excluding hydrogens is 344 g/mol. The highest BCUT2D eigenvalue weighted by atomic mass is 16.2. The molecule has 2 fully saturated rings. The lowest BCUT2D eigenvalue weighted by Crippen LogP contribution is -2.38. The fourth-order valence-electron chi connectivity index (χ4n) is 3.36. The van der Waals surface area contributed by atoms with E-state index >= 15 is 0 Å². The second kappa shape index (κ2) is 9.34. The molecule has 8 nitrogen and oxygen atoms in total. The van der Waals surface area contributed by atoms with E-state index in [1.807, 2.05) is 16.7 Å². The first-order valence-electron chi connectivity index (χ1n) is 9.74. The van der Waals surface area contributed by atoms with Gasteiger partial charge in [0, 0.05) is 44.8 Å². The van der Waals surface area contributed by atoms with E-state index in [0.717, 1.165) is 57.4 Å². The number of amides is 2. The maximum absolute atomic E-state index is 11.8. The summed E-state index contributed by atoms with van der Waals surface area (Å²) in [6.45, 7) is 5.43. The van der Waals surface area contributed by atoms with Gasteiger partial charge in [0.2, 0.25) is 0 Å². The molecule has 2 aliphatic rings. The van der Waals surface area contributed by atoms with Crippen molar-refractivity contribution in [1.82, 2.24) is 29.4 Å². The van der Waals surface area contributed by atoms with Gasteiger partial charge in [-0.3, -0.25) is 0 Å². The van der Waals surface area contributed by atoms with Crippen molar-refractivity contribution in [2.75, 3.05) is 26.2 Å². The highest BCUT2D eigenvalue weighted by molar-refractivity contribution is 5.76. The molecule has 0 atom stereocenters. The lowest BCUT2D eigenvalue weighted by atomic mass is 10.1. The van der Waals surface area contributed by atoms with Gasteiger partial charge in [-0.25, -0.2) is 9.59 Å². The molecule has 4 rings (SSSR count). The Morgan fingerprint density at radius 1 is 0.815 bits per heavy atom. The van der Waals surface area contributed by atoms with E-state index in [1.165, 1.54) is 22.2 Å². The predicted octanol–water partition coefficient (Wildman–Crippen LogP) is 2.98. The minimum Gasteiger partial charge on any atom is -0.323 e. The zero-order chi connectivity index (χ0) is 19.1. The van der Waals surface area contributed by atoms with Gasteiger partial charge in [-0.15, -0.1) is 0 Å². The third kappa shape index (κ3) is 5.18. The van der Waals surface area contributed by atoms with E-state index in [0.29, 0.717) is 0 Å². The molecular formula is C19H28N6O2. The van der Waals surface area contributed by atoms with Crippen LogP contribution in [0.4, 0.5) is 9.59 Å². The Labute approximate surface area is 159 Å². The minimum atomic E-state index is 0.00435. The number of aryl methyl sites for hydroxylation is 1. The van der Waals surface area contributed by atoms with Gasteiger partial charge < -0.3 is 9.80 Å². The molecule has 2 aromatic rings. The highest BCUT2D eigenvalue weighted by Gasteiger charge is 2.18. The van der Waals surface area contributed by atoms with Crippen LogP contribution in [0.5, 0.6) is 0 Å². The van der Waals surface area contributed by atoms with Crippen LogP contribution in [0.2, 0.25) is 0 Å². The standard InChI is InChI=1S/C10H15N3O.C9H13N3O/c1-9-7-11-13(8-9)10(14)12-5-3-2-4-6-12;13-9(12-8-4-5-10-12)11-6-2-1-3-7-11/h7-8H,2-6H2,1H3;4-5,8H,1-3,6-7H2. The van der Waals surface area contributed by atoms with Crippen molar-refractivity contribution in [1.29, 1.82) is 0 Å². The topological polar surface area (TPSA) is 76.3 Å². The van der Waals surface area contributed by atoms with Crippen LogP contribution in [0.3, 0.4) is 0 Å². The summed E-state index contributed by atoms with van der Waals surface area (Å²) in [5.74, 6) is 0. The van der Waals surface area contributed by atoms with E-state index < -0.39 is 0 Å². The maximum atomic E-state index is 11.8. The minimum absolute atomic E-state index is 0.00435. The molecule has 0 aromatic carbocycles. The highest BCUT2D eigenvalue weighted by Crippen LogP contribution is 2.11. The second-order valence-corrected chi connectivity index (χ2v) is 7.07. The number of piperidine rings is 2. The molecule has 0 unspecified atom stereocenters. The first-order valence-corrected chi connectivity index (χ1v) is 9.74. The molecule has 0 N–H and O–H groups in total. The van der Waals surface area contributed by atoms with Crippen molar-refractivity contribution >= 4 is 12.1 Å². The molecule has 2 aliphatic heterocycles. The number of carbonyl (C=O) groups excluding carboxylic acids is 2. The van der Waals surface area contributed by atoms with Crippen LogP contribution in [-0.2, 0) is 0 Å². The van der Waals surface area contributed by atoms with E-state index in [9.17, 15) is 9.59 Å². The van der Waals surface area contributed by atoms with Gasteiger partial charge in [-0.1, -0.05) is 0 Å². The van der Waals surface area contributed by atoms with Gasteiger partial charge in [0.25, 0.3) is 0 Å². The zero-order valence-electron chi connectivity index (χ0n) is 16.0. The lowest BCUT2D eigenvalue weighted by Gasteiger charge is -2.25. The van der Waals surface area contributed by atoms with Crippen LogP contribution < -0.4 is 0 Å². The van der Waals surface area contributed by atoms with Crippen molar-refractivity contribution in [2.24, 2.45) is 0 Å². The summed E-state index contributed by atoms with van der Waals surface area (Å²) in [6, 6.07) is 1.78. The van der Waals surface area contributed by atoms with E-state index in [2.05, 4.69) is 10.2 Å². The first kappa shape index (κ1) is 19.1. The molecule has 2 amide bonds. The van der Waals surface area contributed by atoms with Crippen molar-refractivity contribution in [2.45, 2.75) is 45.4 Å². The number of aromatic nitrogens is 4. The van der Waals surface area contributed by atoms with Crippen LogP contribution in [0.25, 0.3) is 0 Å². The smallest absolute Gasteiger partial charge is 0.323 e. The fraction of sp³-hybridized carbons (Fsp3) is 0.579. The fourth-order valence-corrected chi connectivity index (χ4v) is 3.36. The van der Waals surface area contributed by atoms with Crippen molar-refractivity contribution < 1.29 is 9.59 Å². The van der Waals surface area contributed by atoms with Gasteiger partial charge in [-0.05, 0) is 57.1 Å². The molecule has 146 valence electrons. The summed E-state index contributed by atoms with van der Waals surface area (Å²) in [4.78, 5) is 27.3. The SMILES string of the molecule is Cc1cnn(C(=O)N2CCCCC2)c1.O=C(N1CCCCC1)n1cccn1. The molecule has 0 aliphatic carbocycles. The maximum Gasteiger partial charge on any atom is 0.344 e. The normalized spacial score (nSPS) is 17.2. The molecule has 0 bridgehead atoms. The molecule has 8 heteroatoms. The zero-order valence-corrected chi connectivity index (χ0v) is 16.0. The third-order valence-corrected chi connectivity index (χ3v) is 4.86. The number of rotatable bonds is 0. The Morgan fingerprint density at radius 2 is 1.37 bits per heavy atom. The summed E-state index contributed by atoms with van der Waals surface area (Å²) in [5.41, 5.74) is 1.02. The Bertz CT molecular complexity index is 727. The number of likely N-dealkylation sites (tertiary alicyclic amines) is 2. The van der Waals surface area contributed by atoms with E-state index in [-0.39, 0.29) is 12.1 Å². The Kier molecular flexibility index (Phi) is 6.62. The summed E-state index contributed by atoms with van der Waals surface area (Å²) in [7, 11) is 0. The molecule has 4 heterocycles. The van der Waals surface area contributed by atoms with Gasteiger partial charge >= 0.3 is 12.1 Å². The lowest BCUT2D eigenvalue weighted by molar-refractivity contribution is 0.184. The van der Waals surface area contributed by atoms with E-state index in [1.54, 1.807) is 30.9 Å². The first-order chi connectivity index (χ1) is 13.1. The Hall–Kier alpha value is -2.64. The van der Waals surface area contributed by atoms with Gasteiger partial charge in [-0.2, -0.15) is 19.6 Å². The van der Waals surface area contributed by atoms with Crippen molar-refractivity contribution in [3.05, 3.63) is 36.4 Å².